The maximum Gasteiger partial charge on any atom is 0.0478 e. The van der Waals surface area contributed by atoms with Gasteiger partial charge in [0.25, 0.3) is 0 Å². The first-order valence-electron chi connectivity index (χ1n) is 7.31. The molecule has 0 aromatic rings. The molecule has 1 aliphatic heterocycles. The van der Waals surface area contributed by atoms with Crippen LogP contribution in [0.3, 0.4) is 0 Å². The third kappa shape index (κ3) is 5.84. The molecule has 0 aromatic heterocycles. The summed E-state index contributed by atoms with van der Waals surface area (Å²) >= 11 is 0. The molecule has 0 spiro atoms. The average molecular weight is 242 g/mol. The molecule has 3 nitrogen and oxygen atoms in total. The number of rotatable bonds is 8. The minimum atomic E-state index is 0.662. The Morgan fingerprint density at radius 1 is 1.41 bits per heavy atom. The summed E-state index contributed by atoms with van der Waals surface area (Å²) in [6.45, 7) is 13.2. The molecular weight excluding hydrogens is 212 g/mol. The molecule has 1 N–H and O–H groups in total. The molecular formula is C14H30N2O. The second kappa shape index (κ2) is 8.90. The lowest BCUT2D eigenvalue weighted by atomic mass is 9.91. The third-order valence-electron chi connectivity index (χ3n) is 3.74. The van der Waals surface area contributed by atoms with E-state index in [-0.39, 0.29) is 0 Å². The minimum absolute atomic E-state index is 0.662. The Hall–Kier alpha value is -0.120. The molecule has 0 aliphatic carbocycles. The van der Waals surface area contributed by atoms with Gasteiger partial charge < -0.3 is 15.0 Å². The van der Waals surface area contributed by atoms with Crippen molar-refractivity contribution in [1.29, 1.82) is 0 Å². The van der Waals surface area contributed by atoms with Crippen molar-refractivity contribution in [3.8, 4) is 0 Å². The van der Waals surface area contributed by atoms with Crippen molar-refractivity contribution < 1.29 is 4.74 Å². The number of ether oxygens (including phenoxy) is 1. The molecule has 2 unspecified atom stereocenters. The molecule has 2 atom stereocenters. The van der Waals surface area contributed by atoms with E-state index in [1.165, 1.54) is 38.9 Å². The lowest BCUT2D eigenvalue weighted by Crippen LogP contribution is -2.44. The van der Waals surface area contributed by atoms with Crippen molar-refractivity contribution in [1.82, 2.24) is 10.2 Å². The van der Waals surface area contributed by atoms with Gasteiger partial charge in [-0.2, -0.15) is 0 Å². The monoisotopic (exact) mass is 242 g/mol. The molecule has 0 saturated carbocycles. The van der Waals surface area contributed by atoms with Gasteiger partial charge in [-0.15, -0.1) is 0 Å². The highest BCUT2D eigenvalue weighted by Crippen LogP contribution is 2.19. The zero-order chi connectivity index (χ0) is 12.5. The smallest absolute Gasteiger partial charge is 0.0478 e. The summed E-state index contributed by atoms with van der Waals surface area (Å²) in [7, 11) is 0. The maximum absolute atomic E-state index is 5.40. The number of likely N-dealkylation sites (tertiary alicyclic amines) is 1. The first kappa shape index (κ1) is 14.9. The van der Waals surface area contributed by atoms with Crippen molar-refractivity contribution in [3.63, 3.8) is 0 Å². The van der Waals surface area contributed by atoms with Crippen molar-refractivity contribution in [2.45, 2.75) is 46.1 Å². The molecule has 0 bridgehead atoms. The molecule has 0 aromatic carbocycles. The van der Waals surface area contributed by atoms with Gasteiger partial charge in [0.2, 0.25) is 0 Å². The fraction of sp³-hybridized carbons (Fsp3) is 1.00. The summed E-state index contributed by atoms with van der Waals surface area (Å²) in [6, 6.07) is 0.662. The van der Waals surface area contributed by atoms with Crippen LogP contribution in [0, 0.1) is 5.92 Å². The zero-order valence-corrected chi connectivity index (χ0v) is 11.9. The highest BCUT2D eigenvalue weighted by atomic mass is 16.5. The van der Waals surface area contributed by atoms with Crippen LogP contribution in [0.1, 0.15) is 40.0 Å². The van der Waals surface area contributed by atoms with Crippen LogP contribution >= 0.6 is 0 Å². The molecule has 1 fully saturated rings. The van der Waals surface area contributed by atoms with Crippen LogP contribution < -0.4 is 5.32 Å². The molecule has 0 amide bonds. The van der Waals surface area contributed by atoms with Crippen LogP contribution in [0.2, 0.25) is 0 Å². The lowest BCUT2D eigenvalue weighted by molar-refractivity contribution is 0.111. The van der Waals surface area contributed by atoms with Crippen LogP contribution in [-0.4, -0.2) is 50.3 Å². The highest BCUT2D eigenvalue weighted by Gasteiger charge is 2.23. The zero-order valence-electron chi connectivity index (χ0n) is 11.9. The van der Waals surface area contributed by atoms with E-state index in [1.807, 2.05) is 0 Å². The predicted octanol–water partition coefficient (Wildman–Crippen LogP) is 2.12. The Morgan fingerprint density at radius 2 is 2.24 bits per heavy atom. The van der Waals surface area contributed by atoms with Gasteiger partial charge in [0.1, 0.15) is 0 Å². The largest absolute Gasteiger partial charge is 0.382 e. The summed E-state index contributed by atoms with van der Waals surface area (Å²) < 4.78 is 5.40. The van der Waals surface area contributed by atoms with Crippen molar-refractivity contribution >= 4 is 0 Å². The quantitative estimate of drug-likeness (QED) is 0.660. The number of hydrogen-bond acceptors (Lipinski definition) is 3. The Labute approximate surface area is 107 Å². The number of nitrogens with zero attached hydrogens (tertiary/aromatic N) is 1. The topological polar surface area (TPSA) is 24.5 Å². The first-order chi connectivity index (χ1) is 8.27. The Bertz CT molecular complexity index is 187. The minimum Gasteiger partial charge on any atom is -0.382 e. The normalized spacial score (nSPS) is 23.8. The Morgan fingerprint density at radius 3 is 2.94 bits per heavy atom. The summed E-state index contributed by atoms with van der Waals surface area (Å²) in [4.78, 5) is 2.61. The van der Waals surface area contributed by atoms with Crippen LogP contribution in [0.25, 0.3) is 0 Å². The Kier molecular flexibility index (Phi) is 7.82. The van der Waals surface area contributed by atoms with E-state index < -0.39 is 0 Å². The van der Waals surface area contributed by atoms with Crippen LogP contribution in [0.5, 0.6) is 0 Å². The van der Waals surface area contributed by atoms with Crippen molar-refractivity contribution in [3.05, 3.63) is 0 Å². The summed E-state index contributed by atoms with van der Waals surface area (Å²) in [5.41, 5.74) is 0. The fourth-order valence-corrected chi connectivity index (χ4v) is 2.73. The van der Waals surface area contributed by atoms with Gasteiger partial charge in [-0.25, -0.2) is 0 Å². The summed E-state index contributed by atoms with van der Waals surface area (Å²) in [5, 5.41) is 3.56. The van der Waals surface area contributed by atoms with E-state index in [0.717, 1.165) is 25.7 Å². The summed E-state index contributed by atoms with van der Waals surface area (Å²) in [5.74, 6) is 0.829. The third-order valence-corrected chi connectivity index (χ3v) is 3.74. The highest BCUT2D eigenvalue weighted by molar-refractivity contribution is 4.80. The lowest BCUT2D eigenvalue weighted by Gasteiger charge is -2.36. The van der Waals surface area contributed by atoms with E-state index >= 15 is 0 Å². The SMILES string of the molecule is CCNC(C)C1CCCN(CCCOCC)C1. The van der Waals surface area contributed by atoms with Gasteiger partial charge in [0.15, 0.2) is 0 Å². The molecule has 1 saturated heterocycles. The summed E-state index contributed by atoms with van der Waals surface area (Å²) in [6.07, 6.45) is 3.92. The van der Waals surface area contributed by atoms with E-state index in [4.69, 9.17) is 4.74 Å². The molecule has 1 heterocycles. The van der Waals surface area contributed by atoms with E-state index in [0.29, 0.717) is 6.04 Å². The van der Waals surface area contributed by atoms with Gasteiger partial charge in [0, 0.05) is 32.3 Å². The number of hydrogen-bond donors (Lipinski definition) is 1. The number of piperidine rings is 1. The van der Waals surface area contributed by atoms with E-state index in [2.05, 4.69) is 31.0 Å². The van der Waals surface area contributed by atoms with Crippen molar-refractivity contribution in [2.75, 3.05) is 39.4 Å². The molecule has 0 radical (unpaired) electrons. The maximum atomic E-state index is 5.40. The molecule has 102 valence electrons. The van der Waals surface area contributed by atoms with Gasteiger partial charge in [-0.3, -0.25) is 0 Å². The standard InChI is InChI=1S/C14H30N2O/c1-4-15-13(3)14-8-6-9-16(12-14)10-7-11-17-5-2/h13-15H,4-12H2,1-3H3. The second-order valence-electron chi connectivity index (χ2n) is 5.10. The molecule has 17 heavy (non-hydrogen) atoms. The molecule has 3 heteroatoms. The molecule has 1 rings (SSSR count). The number of nitrogens with one attached hydrogen (secondary N) is 1. The second-order valence-corrected chi connectivity index (χ2v) is 5.10. The molecule has 1 aliphatic rings. The van der Waals surface area contributed by atoms with Gasteiger partial charge in [-0.05, 0) is 52.1 Å². The van der Waals surface area contributed by atoms with Crippen molar-refractivity contribution in [2.24, 2.45) is 5.92 Å². The average Bonchev–Trinajstić information content (AvgIpc) is 2.35. The van der Waals surface area contributed by atoms with E-state index in [1.54, 1.807) is 0 Å². The first-order valence-corrected chi connectivity index (χ1v) is 7.31. The van der Waals surface area contributed by atoms with Gasteiger partial charge in [-0.1, -0.05) is 6.92 Å². The Balaban J connectivity index is 2.19. The van der Waals surface area contributed by atoms with Gasteiger partial charge >= 0.3 is 0 Å². The van der Waals surface area contributed by atoms with E-state index in [9.17, 15) is 0 Å². The predicted molar refractivity (Wildman–Crippen MR) is 73.4 cm³/mol. The van der Waals surface area contributed by atoms with Crippen LogP contribution in [0.4, 0.5) is 0 Å². The van der Waals surface area contributed by atoms with Crippen LogP contribution in [0.15, 0.2) is 0 Å². The van der Waals surface area contributed by atoms with Crippen LogP contribution in [-0.2, 0) is 4.74 Å². The fourth-order valence-electron chi connectivity index (χ4n) is 2.73. The van der Waals surface area contributed by atoms with Gasteiger partial charge in [0.05, 0.1) is 0 Å².